The molecule has 2 aromatic carbocycles. The minimum absolute atomic E-state index is 0.197. The van der Waals surface area contributed by atoms with Crippen molar-refractivity contribution in [3.05, 3.63) is 92.1 Å². The van der Waals surface area contributed by atoms with Crippen LogP contribution in [0, 0.1) is 19.7 Å². The summed E-state index contributed by atoms with van der Waals surface area (Å²) in [6.07, 6.45) is 1.72. The Morgan fingerprint density at radius 1 is 0.912 bits per heavy atom. The highest BCUT2D eigenvalue weighted by atomic mass is 35.5. The van der Waals surface area contributed by atoms with Crippen LogP contribution in [0.2, 0.25) is 15.1 Å². The standard InChI is InChI=1S/C23H20Cl3FN6S/c1-13-22(14(2)33(30-13)12-15-17(24)5-3-6-18(15)25)29-23(34)28-21-9-10-32(31-21)11-16-19(26)7-4-8-20(16)27/h3-10H,11-12H2,1-2H3,(H2,28,29,31,34). The van der Waals surface area contributed by atoms with Crippen LogP contribution in [0.15, 0.2) is 48.7 Å². The maximum Gasteiger partial charge on any atom is 0.176 e. The number of anilines is 2. The van der Waals surface area contributed by atoms with Crippen molar-refractivity contribution in [3.8, 4) is 0 Å². The molecule has 0 bridgehead atoms. The first-order chi connectivity index (χ1) is 16.2. The van der Waals surface area contributed by atoms with Crippen LogP contribution in [0.1, 0.15) is 22.5 Å². The van der Waals surface area contributed by atoms with E-state index in [0.29, 0.717) is 38.1 Å². The molecular formula is C23H20Cl3FN6S. The highest BCUT2D eigenvalue weighted by molar-refractivity contribution is 7.80. The lowest BCUT2D eigenvalue weighted by atomic mass is 10.2. The Kier molecular flexibility index (Phi) is 7.42. The Hall–Kier alpha value is -2.65. The van der Waals surface area contributed by atoms with Gasteiger partial charge in [-0.05, 0) is 50.3 Å². The highest BCUT2D eigenvalue weighted by Crippen LogP contribution is 2.27. The lowest BCUT2D eigenvalue weighted by Crippen LogP contribution is -2.20. The fourth-order valence-electron chi connectivity index (χ4n) is 3.49. The van der Waals surface area contributed by atoms with E-state index in [1.807, 2.05) is 18.5 Å². The summed E-state index contributed by atoms with van der Waals surface area (Å²) in [6, 6.07) is 11.7. The normalized spacial score (nSPS) is 11.0. The zero-order chi connectivity index (χ0) is 24.4. The molecule has 0 aliphatic rings. The van der Waals surface area contributed by atoms with Crippen molar-refractivity contribution in [2.45, 2.75) is 26.9 Å². The van der Waals surface area contributed by atoms with Crippen molar-refractivity contribution in [3.63, 3.8) is 0 Å². The summed E-state index contributed by atoms with van der Waals surface area (Å²) in [5, 5.41) is 17.1. The van der Waals surface area contributed by atoms with Crippen molar-refractivity contribution in [1.29, 1.82) is 0 Å². The van der Waals surface area contributed by atoms with Gasteiger partial charge in [-0.15, -0.1) is 0 Å². The Bertz CT molecular complexity index is 1330. The molecule has 4 rings (SSSR count). The first-order valence-corrected chi connectivity index (χ1v) is 11.8. The van der Waals surface area contributed by atoms with E-state index in [1.54, 1.807) is 47.3 Å². The van der Waals surface area contributed by atoms with Crippen molar-refractivity contribution in [1.82, 2.24) is 19.6 Å². The maximum absolute atomic E-state index is 14.1. The zero-order valence-electron chi connectivity index (χ0n) is 18.2. The van der Waals surface area contributed by atoms with Gasteiger partial charge in [0.2, 0.25) is 0 Å². The molecule has 0 radical (unpaired) electrons. The summed E-state index contributed by atoms with van der Waals surface area (Å²) < 4.78 is 17.5. The van der Waals surface area contributed by atoms with Gasteiger partial charge in [0.05, 0.1) is 30.2 Å². The van der Waals surface area contributed by atoms with E-state index < -0.39 is 0 Å². The first kappa shape index (κ1) is 24.5. The number of thiocarbonyl (C=S) groups is 1. The van der Waals surface area contributed by atoms with E-state index in [9.17, 15) is 4.39 Å². The molecule has 34 heavy (non-hydrogen) atoms. The van der Waals surface area contributed by atoms with Gasteiger partial charge in [-0.1, -0.05) is 46.9 Å². The van der Waals surface area contributed by atoms with Crippen molar-refractivity contribution in [2.75, 3.05) is 10.6 Å². The van der Waals surface area contributed by atoms with Gasteiger partial charge in [0.25, 0.3) is 0 Å². The van der Waals surface area contributed by atoms with Gasteiger partial charge in [0.1, 0.15) is 5.82 Å². The molecule has 0 unspecified atom stereocenters. The molecule has 6 nitrogen and oxygen atoms in total. The molecule has 0 saturated heterocycles. The average Bonchev–Trinajstić information content (AvgIpc) is 3.32. The third-order valence-electron chi connectivity index (χ3n) is 5.25. The van der Waals surface area contributed by atoms with Gasteiger partial charge in [0, 0.05) is 38.5 Å². The lowest BCUT2D eigenvalue weighted by Gasteiger charge is -2.11. The van der Waals surface area contributed by atoms with E-state index in [1.165, 1.54) is 6.07 Å². The van der Waals surface area contributed by atoms with Gasteiger partial charge in [-0.2, -0.15) is 10.2 Å². The summed E-state index contributed by atoms with van der Waals surface area (Å²) in [6.45, 7) is 4.44. The van der Waals surface area contributed by atoms with Crippen LogP contribution < -0.4 is 10.6 Å². The summed E-state index contributed by atoms with van der Waals surface area (Å²) in [5.74, 6) is 0.131. The average molecular weight is 538 g/mol. The van der Waals surface area contributed by atoms with E-state index in [4.69, 9.17) is 47.0 Å². The molecule has 11 heteroatoms. The van der Waals surface area contributed by atoms with Gasteiger partial charge >= 0.3 is 0 Å². The quantitative estimate of drug-likeness (QED) is 0.268. The number of hydrogen-bond donors (Lipinski definition) is 2. The largest absolute Gasteiger partial charge is 0.329 e. The highest BCUT2D eigenvalue weighted by Gasteiger charge is 2.16. The van der Waals surface area contributed by atoms with Gasteiger partial charge in [-0.25, -0.2) is 4.39 Å². The summed E-state index contributed by atoms with van der Waals surface area (Å²) in [4.78, 5) is 0. The molecular weight excluding hydrogens is 518 g/mol. The van der Waals surface area contributed by atoms with Crippen molar-refractivity contribution in [2.24, 2.45) is 0 Å². The van der Waals surface area contributed by atoms with Crippen LogP contribution in [0.4, 0.5) is 15.9 Å². The second-order valence-electron chi connectivity index (χ2n) is 7.58. The second-order valence-corrected chi connectivity index (χ2v) is 9.21. The first-order valence-electron chi connectivity index (χ1n) is 10.2. The molecule has 176 valence electrons. The Labute approximate surface area is 216 Å². The molecule has 2 heterocycles. The zero-order valence-corrected chi connectivity index (χ0v) is 21.3. The topological polar surface area (TPSA) is 59.7 Å². The minimum atomic E-state index is -0.379. The molecule has 0 aliphatic carbocycles. The number of nitrogens with one attached hydrogen (secondary N) is 2. The predicted octanol–water partition coefficient (Wildman–Crippen LogP) is 6.70. The molecule has 0 fully saturated rings. The monoisotopic (exact) mass is 536 g/mol. The SMILES string of the molecule is Cc1nn(Cc2c(Cl)cccc2Cl)c(C)c1NC(=S)Nc1ccn(Cc2c(F)cccc2Cl)n1. The van der Waals surface area contributed by atoms with E-state index in [2.05, 4.69) is 20.8 Å². The molecule has 4 aromatic rings. The number of rotatable bonds is 6. The molecule has 2 N–H and O–H groups in total. The summed E-state index contributed by atoms with van der Waals surface area (Å²) >= 11 is 24.2. The maximum atomic E-state index is 14.1. The van der Waals surface area contributed by atoms with E-state index in [0.717, 1.165) is 22.6 Å². The molecule has 0 aliphatic heterocycles. The molecule has 0 spiro atoms. The van der Waals surface area contributed by atoms with Crippen LogP contribution in [0.25, 0.3) is 0 Å². The van der Waals surface area contributed by atoms with Gasteiger partial charge in [0.15, 0.2) is 10.9 Å². The summed E-state index contributed by atoms with van der Waals surface area (Å²) in [7, 11) is 0. The Morgan fingerprint density at radius 3 is 2.24 bits per heavy atom. The Balaban J connectivity index is 1.44. The molecule has 0 saturated carbocycles. The number of aryl methyl sites for hydroxylation is 1. The third-order valence-corrected chi connectivity index (χ3v) is 6.52. The fraction of sp³-hybridized carbons (Fsp3) is 0.174. The van der Waals surface area contributed by atoms with Gasteiger partial charge < -0.3 is 10.6 Å². The Morgan fingerprint density at radius 2 is 1.56 bits per heavy atom. The number of hydrogen-bond acceptors (Lipinski definition) is 3. The molecule has 2 aromatic heterocycles. The van der Waals surface area contributed by atoms with Crippen LogP contribution in [-0.4, -0.2) is 24.7 Å². The van der Waals surface area contributed by atoms with Crippen molar-refractivity contribution >= 4 is 63.6 Å². The smallest absolute Gasteiger partial charge is 0.176 e. The van der Waals surface area contributed by atoms with Crippen LogP contribution >= 0.6 is 47.0 Å². The fourth-order valence-corrected chi connectivity index (χ4v) is 4.43. The third kappa shape index (κ3) is 5.36. The number of halogens is 4. The van der Waals surface area contributed by atoms with Crippen LogP contribution in [0.3, 0.4) is 0 Å². The van der Waals surface area contributed by atoms with Crippen LogP contribution in [-0.2, 0) is 13.1 Å². The minimum Gasteiger partial charge on any atom is -0.329 e. The second kappa shape index (κ2) is 10.3. The van der Waals surface area contributed by atoms with E-state index >= 15 is 0 Å². The molecule has 0 amide bonds. The summed E-state index contributed by atoms with van der Waals surface area (Å²) in [5.41, 5.74) is 3.58. The van der Waals surface area contributed by atoms with Crippen molar-refractivity contribution < 1.29 is 4.39 Å². The number of aromatic nitrogens is 4. The van der Waals surface area contributed by atoms with E-state index in [-0.39, 0.29) is 12.4 Å². The number of nitrogens with zero attached hydrogens (tertiary/aromatic N) is 4. The van der Waals surface area contributed by atoms with Gasteiger partial charge in [-0.3, -0.25) is 9.36 Å². The predicted molar refractivity (Wildman–Crippen MR) is 140 cm³/mol. The lowest BCUT2D eigenvalue weighted by molar-refractivity contribution is 0.586. The number of benzene rings is 2. The van der Waals surface area contributed by atoms with Crippen LogP contribution in [0.5, 0.6) is 0 Å². The molecule has 0 atom stereocenters.